The van der Waals surface area contributed by atoms with Gasteiger partial charge in [0.2, 0.25) is 5.91 Å². The Morgan fingerprint density at radius 3 is 2.48 bits per heavy atom. The monoisotopic (exact) mass is 350 g/mol. The molecule has 0 radical (unpaired) electrons. The van der Waals surface area contributed by atoms with Gasteiger partial charge in [-0.05, 0) is 49.6 Å². The molecule has 0 aromatic heterocycles. The Balaban J connectivity index is 1.97. The first-order valence-corrected chi connectivity index (χ1v) is 8.18. The number of halogens is 2. The Morgan fingerprint density at radius 1 is 1.13 bits per heavy atom. The number of aryl methyl sites for hydroxylation is 2. The van der Waals surface area contributed by atoms with Gasteiger partial charge in [-0.1, -0.05) is 47.5 Å². The van der Waals surface area contributed by atoms with Crippen LogP contribution in [0.5, 0.6) is 0 Å². The molecule has 0 bridgehead atoms. The fourth-order valence-electron chi connectivity index (χ4n) is 2.44. The van der Waals surface area contributed by atoms with Gasteiger partial charge in [0.1, 0.15) is 0 Å². The van der Waals surface area contributed by atoms with Crippen LogP contribution in [-0.4, -0.2) is 12.5 Å². The smallest absolute Gasteiger partial charge is 0.238 e. The molecule has 0 fully saturated rings. The van der Waals surface area contributed by atoms with Gasteiger partial charge in [0.15, 0.2) is 0 Å². The molecule has 122 valence electrons. The molecule has 1 amide bonds. The predicted octanol–water partition coefficient (Wildman–Crippen LogP) is 4.90. The van der Waals surface area contributed by atoms with E-state index in [9.17, 15) is 4.79 Å². The summed E-state index contributed by atoms with van der Waals surface area (Å²) in [5.74, 6) is -0.141. The lowest BCUT2D eigenvalue weighted by molar-refractivity contribution is -0.115. The van der Waals surface area contributed by atoms with Gasteiger partial charge in [-0.3, -0.25) is 4.79 Å². The standard InChI is InChI=1S/C18H20Cl2N2O/c1-11-8-12(2)18(16(20)9-11)22-17(23)10-21-13(3)14-6-4-5-7-15(14)19/h4-9,13,21H,10H2,1-3H3,(H,22,23). The second-order valence-corrected chi connectivity index (χ2v) is 6.43. The van der Waals surface area contributed by atoms with Crippen molar-refractivity contribution < 1.29 is 4.79 Å². The average molecular weight is 351 g/mol. The maximum atomic E-state index is 12.2. The van der Waals surface area contributed by atoms with Gasteiger partial charge in [0.25, 0.3) is 0 Å². The first-order valence-electron chi connectivity index (χ1n) is 7.43. The van der Waals surface area contributed by atoms with Crippen LogP contribution >= 0.6 is 23.2 Å². The molecule has 1 unspecified atom stereocenters. The van der Waals surface area contributed by atoms with Crippen molar-refractivity contribution in [3.63, 3.8) is 0 Å². The highest BCUT2D eigenvalue weighted by molar-refractivity contribution is 6.34. The summed E-state index contributed by atoms with van der Waals surface area (Å²) in [7, 11) is 0. The van der Waals surface area contributed by atoms with Crippen molar-refractivity contribution in [2.75, 3.05) is 11.9 Å². The van der Waals surface area contributed by atoms with Crippen molar-refractivity contribution in [2.45, 2.75) is 26.8 Å². The van der Waals surface area contributed by atoms with Gasteiger partial charge in [-0.15, -0.1) is 0 Å². The molecule has 23 heavy (non-hydrogen) atoms. The first-order chi connectivity index (χ1) is 10.9. The molecule has 2 rings (SSSR count). The highest BCUT2D eigenvalue weighted by atomic mass is 35.5. The van der Waals surface area contributed by atoms with E-state index in [1.807, 2.05) is 57.2 Å². The fraction of sp³-hybridized carbons (Fsp3) is 0.278. The second kappa shape index (κ2) is 7.82. The summed E-state index contributed by atoms with van der Waals surface area (Å²) < 4.78 is 0. The summed E-state index contributed by atoms with van der Waals surface area (Å²) in [5.41, 5.74) is 3.64. The largest absolute Gasteiger partial charge is 0.323 e. The van der Waals surface area contributed by atoms with E-state index in [0.717, 1.165) is 16.7 Å². The van der Waals surface area contributed by atoms with Crippen LogP contribution in [0.1, 0.15) is 29.7 Å². The van der Waals surface area contributed by atoms with Crippen LogP contribution < -0.4 is 10.6 Å². The zero-order chi connectivity index (χ0) is 17.0. The lowest BCUT2D eigenvalue weighted by atomic mass is 10.1. The van der Waals surface area contributed by atoms with E-state index in [-0.39, 0.29) is 18.5 Å². The number of carbonyl (C=O) groups excluding carboxylic acids is 1. The maximum absolute atomic E-state index is 12.2. The Bertz CT molecular complexity index is 693. The molecular weight excluding hydrogens is 331 g/mol. The topological polar surface area (TPSA) is 41.1 Å². The molecule has 0 saturated carbocycles. The van der Waals surface area contributed by atoms with Gasteiger partial charge in [0, 0.05) is 11.1 Å². The van der Waals surface area contributed by atoms with Crippen molar-refractivity contribution in [3.05, 3.63) is 63.1 Å². The predicted molar refractivity (Wildman–Crippen MR) is 97.4 cm³/mol. The van der Waals surface area contributed by atoms with Crippen molar-refractivity contribution in [1.29, 1.82) is 0 Å². The maximum Gasteiger partial charge on any atom is 0.238 e. The van der Waals surface area contributed by atoms with E-state index in [0.29, 0.717) is 15.7 Å². The van der Waals surface area contributed by atoms with Crippen LogP contribution in [0.25, 0.3) is 0 Å². The first kappa shape index (κ1) is 17.8. The molecule has 0 heterocycles. The van der Waals surface area contributed by atoms with Crippen molar-refractivity contribution in [2.24, 2.45) is 0 Å². The normalized spacial score (nSPS) is 12.0. The molecule has 1 atom stereocenters. The number of amides is 1. The van der Waals surface area contributed by atoms with E-state index in [4.69, 9.17) is 23.2 Å². The molecule has 0 aliphatic rings. The molecule has 2 aromatic rings. The highest BCUT2D eigenvalue weighted by Gasteiger charge is 2.12. The summed E-state index contributed by atoms with van der Waals surface area (Å²) in [6, 6.07) is 11.4. The second-order valence-electron chi connectivity index (χ2n) is 5.61. The van der Waals surface area contributed by atoms with Crippen LogP contribution in [0.4, 0.5) is 5.69 Å². The molecule has 2 N–H and O–H groups in total. The van der Waals surface area contributed by atoms with E-state index in [1.165, 1.54) is 0 Å². The number of rotatable bonds is 5. The molecule has 0 aliphatic carbocycles. The Kier molecular flexibility index (Phi) is 6.05. The third-order valence-electron chi connectivity index (χ3n) is 3.64. The van der Waals surface area contributed by atoms with Gasteiger partial charge in [0.05, 0.1) is 17.3 Å². The molecular formula is C18H20Cl2N2O. The molecule has 5 heteroatoms. The zero-order valence-corrected chi connectivity index (χ0v) is 14.9. The molecule has 2 aromatic carbocycles. The molecule has 0 spiro atoms. The number of benzene rings is 2. The number of hydrogen-bond acceptors (Lipinski definition) is 2. The minimum absolute atomic E-state index is 0.0240. The lowest BCUT2D eigenvalue weighted by Crippen LogP contribution is -2.30. The molecule has 0 aliphatic heterocycles. The lowest BCUT2D eigenvalue weighted by Gasteiger charge is -2.16. The summed E-state index contributed by atoms with van der Waals surface area (Å²) in [5, 5.41) is 7.27. The van der Waals surface area contributed by atoms with Crippen molar-refractivity contribution in [1.82, 2.24) is 5.32 Å². The van der Waals surface area contributed by atoms with E-state index in [2.05, 4.69) is 10.6 Å². The van der Waals surface area contributed by atoms with Crippen LogP contribution in [0.2, 0.25) is 10.0 Å². The number of hydrogen-bond donors (Lipinski definition) is 2. The quantitative estimate of drug-likeness (QED) is 0.804. The van der Waals surface area contributed by atoms with Crippen molar-refractivity contribution >= 4 is 34.8 Å². The Hall–Kier alpha value is -1.55. The van der Waals surface area contributed by atoms with Crippen LogP contribution in [0, 0.1) is 13.8 Å². The minimum Gasteiger partial charge on any atom is -0.323 e. The van der Waals surface area contributed by atoms with E-state index < -0.39 is 0 Å². The van der Waals surface area contributed by atoms with Crippen LogP contribution in [0.3, 0.4) is 0 Å². The third-order valence-corrected chi connectivity index (χ3v) is 4.28. The number of anilines is 1. The van der Waals surface area contributed by atoms with Gasteiger partial charge in [-0.2, -0.15) is 0 Å². The summed E-state index contributed by atoms with van der Waals surface area (Å²) in [6.07, 6.45) is 0. The SMILES string of the molecule is Cc1cc(C)c(NC(=O)CNC(C)c2ccccc2Cl)c(Cl)c1. The van der Waals surface area contributed by atoms with Crippen molar-refractivity contribution in [3.8, 4) is 0 Å². The van der Waals surface area contributed by atoms with E-state index >= 15 is 0 Å². The Labute approximate surface area is 147 Å². The summed E-state index contributed by atoms with van der Waals surface area (Å²) >= 11 is 12.4. The Morgan fingerprint density at radius 2 is 1.83 bits per heavy atom. The van der Waals surface area contributed by atoms with E-state index in [1.54, 1.807) is 0 Å². The average Bonchev–Trinajstić information content (AvgIpc) is 2.49. The van der Waals surface area contributed by atoms with Gasteiger partial charge < -0.3 is 10.6 Å². The van der Waals surface area contributed by atoms with Crippen LogP contribution in [0.15, 0.2) is 36.4 Å². The third kappa shape index (κ3) is 4.71. The number of nitrogens with one attached hydrogen (secondary N) is 2. The van der Waals surface area contributed by atoms with Gasteiger partial charge >= 0.3 is 0 Å². The molecule has 0 saturated heterocycles. The summed E-state index contributed by atoms with van der Waals surface area (Å²) in [4.78, 5) is 12.2. The minimum atomic E-state index is -0.141. The number of carbonyl (C=O) groups is 1. The fourth-order valence-corrected chi connectivity index (χ4v) is 3.11. The van der Waals surface area contributed by atoms with Gasteiger partial charge in [-0.25, -0.2) is 0 Å². The zero-order valence-electron chi connectivity index (χ0n) is 13.4. The summed E-state index contributed by atoms with van der Waals surface area (Å²) in [6.45, 7) is 6.04. The van der Waals surface area contributed by atoms with Crippen LogP contribution in [-0.2, 0) is 4.79 Å². The highest BCUT2D eigenvalue weighted by Crippen LogP contribution is 2.27. The molecule has 3 nitrogen and oxygen atoms in total.